The number of nitrogens with one attached hydrogen (secondary N) is 1. The van der Waals surface area contributed by atoms with Gasteiger partial charge in [-0.1, -0.05) is 37.0 Å². The number of halogens is 2. The van der Waals surface area contributed by atoms with Crippen molar-refractivity contribution in [2.45, 2.75) is 24.9 Å². The zero-order chi connectivity index (χ0) is 20.6. The average molecular weight is 445 g/mol. The van der Waals surface area contributed by atoms with Crippen LogP contribution in [0.4, 0.5) is 0 Å². The molecular weight excluding hydrogens is 423 g/mol. The van der Waals surface area contributed by atoms with E-state index >= 15 is 0 Å². The Hall–Kier alpha value is -1.61. The number of amides is 1. The van der Waals surface area contributed by atoms with Crippen molar-refractivity contribution in [1.29, 1.82) is 0 Å². The summed E-state index contributed by atoms with van der Waals surface area (Å²) in [6, 6.07) is 4.52. The van der Waals surface area contributed by atoms with Crippen LogP contribution >= 0.6 is 23.2 Å². The summed E-state index contributed by atoms with van der Waals surface area (Å²) in [5, 5.41) is 3.77. The third-order valence-electron chi connectivity index (χ3n) is 4.86. The normalized spacial score (nSPS) is 16.8. The van der Waals surface area contributed by atoms with E-state index in [2.05, 4.69) is 10.3 Å². The summed E-state index contributed by atoms with van der Waals surface area (Å²) in [5.74, 6) is -0.167. The van der Waals surface area contributed by atoms with Crippen molar-refractivity contribution in [3.05, 3.63) is 46.3 Å². The Morgan fingerprint density at radius 1 is 1.29 bits per heavy atom. The zero-order valence-electron chi connectivity index (χ0n) is 15.8. The Morgan fingerprint density at radius 2 is 1.96 bits per heavy atom. The number of benzene rings is 1. The predicted octanol–water partition coefficient (Wildman–Crippen LogP) is 2.80. The molecule has 1 aliphatic rings. The molecular formula is C18H22Cl2N4O3S. The molecule has 0 bridgehead atoms. The molecule has 0 spiro atoms. The third-order valence-corrected chi connectivity index (χ3v) is 7.13. The molecule has 1 aromatic carbocycles. The molecule has 0 radical (unpaired) electrons. The Balaban J connectivity index is 1.68. The predicted molar refractivity (Wildman–Crippen MR) is 108 cm³/mol. The van der Waals surface area contributed by atoms with E-state index in [0.29, 0.717) is 23.7 Å². The van der Waals surface area contributed by atoms with E-state index in [9.17, 15) is 13.2 Å². The van der Waals surface area contributed by atoms with Gasteiger partial charge in [-0.05, 0) is 24.1 Å². The first-order chi connectivity index (χ1) is 13.1. The highest BCUT2D eigenvalue weighted by molar-refractivity contribution is 7.89. The molecule has 1 aromatic heterocycles. The number of carbonyl (C=O) groups excluding carboxylic acids is 1. The fourth-order valence-corrected chi connectivity index (χ4v) is 5.29. The van der Waals surface area contributed by atoms with Crippen molar-refractivity contribution in [3.63, 3.8) is 0 Å². The Kier molecular flexibility index (Phi) is 6.05. The van der Waals surface area contributed by atoms with Crippen LogP contribution in [0, 0.1) is 11.8 Å². The van der Waals surface area contributed by atoms with Crippen molar-refractivity contribution in [2.24, 2.45) is 18.9 Å². The molecule has 28 heavy (non-hydrogen) atoms. The molecule has 0 saturated carbocycles. The van der Waals surface area contributed by atoms with E-state index in [0.717, 1.165) is 0 Å². The maximum Gasteiger partial charge on any atom is 0.262 e. The van der Waals surface area contributed by atoms with E-state index in [4.69, 9.17) is 23.2 Å². The summed E-state index contributed by atoms with van der Waals surface area (Å²) < 4.78 is 28.2. The first-order valence-corrected chi connectivity index (χ1v) is 11.0. The molecule has 1 atom stereocenters. The van der Waals surface area contributed by atoms with Gasteiger partial charge < -0.3 is 9.88 Å². The molecule has 0 aliphatic carbocycles. The minimum Gasteiger partial charge on any atom is -0.349 e. The lowest BCUT2D eigenvalue weighted by molar-refractivity contribution is 0.0824. The van der Waals surface area contributed by atoms with Crippen molar-refractivity contribution in [1.82, 2.24) is 19.2 Å². The molecule has 1 fully saturated rings. The summed E-state index contributed by atoms with van der Waals surface area (Å²) in [6.07, 6.45) is 2.93. The Morgan fingerprint density at radius 3 is 2.50 bits per heavy atom. The molecule has 2 heterocycles. The van der Waals surface area contributed by atoms with Gasteiger partial charge in [0.15, 0.2) is 5.03 Å². The highest BCUT2D eigenvalue weighted by Gasteiger charge is 2.42. The molecule has 1 amide bonds. The maximum atomic E-state index is 12.7. The van der Waals surface area contributed by atoms with Crippen LogP contribution in [0.25, 0.3) is 0 Å². The number of sulfonamides is 1. The van der Waals surface area contributed by atoms with E-state index < -0.39 is 10.0 Å². The van der Waals surface area contributed by atoms with Crippen LogP contribution in [0.5, 0.6) is 0 Å². The molecule has 1 unspecified atom stereocenters. The summed E-state index contributed by atoms with van der Waals surface area (Å²) in [5.41, 5.74) is 0.342. The number of aryl methyl sites for hydroxylation is 1. The maximum absolute atomic E-state index is 12.7. The highest BCUT2D eigenvalue weighted by atomic mass is 35.5. The number of rotatable bonds is 6. The van der Waals surface area contributed by atoms with Crippen LogP contribution in [0.15, 0.2) is 35.7 Å². The zero-order valence-corrected chi connectivity index (χ0v) is 18.1. The first kappa shape index (κ1) is 21.1. The lowest BCUT2D eigenvalue weighted by atomic mass is 9.86. The molecule has 1 aliphatic heterocycles. The van der Waals surface area contributed by atoms with Gasteiger partial charge >= 0.3 is 0 Å². The van der Waals surface area contributed by atoms with Crippen LogP contribution in [0.1, 0.15) is 24.2 Å². The summed E-state index contributed by atoms with van der Waals surface area (Å²) in [4.78, 5) is 16.6. The summed E-state index contributed by atoms with van der Waals surface area (Å²) in [7, 11) is -1.89. The first-order valence-electron chi connectivity index (χ1n) is 8.83. The van der Waals surface area contributed by atoms with E-state index in [1.165, 1.54) is 22.9 Å². The van der Waals surface area contributed by atoms with Gasteiger partial charge in [0.25, 0.3) is 15.9 Å². The minimum atomic E-state index is -3.61. The summed E-state index contributed by atoms with van der Waals surface area (Å²) >= 11 is 12.0. The van der Waals surface area contributed by atoms with E-state index in [1.54, 1.807) is 23.7 Å². The lowest BCUT2D eigenvalue weighted by Crippen LogP contribution is -2.59. The van der Waals surface area contributed by atoms with Gasteiger partial charge in [0.1, 0.15) is 0 Å². The topological polar surface area (TPSA) is 84.3 Å². The number of nitrogens with zero attached hydrogens (tertiary/aromatic N) is 3. The highest BCUT2D eigenvalue weighted by Crippen LogP contribution is 2.29. The van der Waals surface area contributed by atoms with Crippen LogP contribution in [-0.4, -0.2) is 47.3 Å². The van der Waals surface area contributed by atoms with Gasteiger partial charge in [-0.2, -0.15) is 4.31 Å². The number of hydrogen-bond acceptors (Lipinski definition) is 4. The van der Waals surface area contributed by atoms with Crippen LogP contribution in [0.3, 0.4) is 0 Å². The van der Waals surface area contributed by atoms with Gasteiger partial charge in [0, 0.05) is 43.3 Å². The van der Waals surface area contributed by atoms with Crippen LogP contribution < -0.4 is 5.32 Å². The van der Waals surface area contributed by atoms with Crippen molar-refractivity contribution in [3.8, 4) is 0 Å². The smallest absolute Gasteiger partial charge is 0.262 e. The fraction of sp³-hybridized carbons (Fsp3) is 0.444. The second kappa shape index (κ2) is 8.02. The summed E-state index contributed by atoms with van der Waals surface area (Å²) in [6.45, 7) is 4.64. The molecule has 152 valence electrons. The monoisotopic (exact) mass is 444 g/mol. The Bertz CT molecular complexity index is 984. The minimum absolute atomic E-state index is 0.00788. The molecule has 1 saturated heterocycles. The number of imidazole rings is 1. The van der Waals surface area contributed by atoms with Crippen molar-refractivity contribution in [2.75, 3.05) is 13.1 Å². The lowest BCUT2D eigenvalue weighted by Gasteiger charge is -2.43. The standard InChI is InChI=1S/C18H22Cl2N4O3S/c1-11(2)17(22-18(25)14-5-4-13(19)6-15(14)20)12-7-24(8-12)28(26,27)16-9-23(3)10-21-16/h4-6,9-12,17H,7-8H2,1-3H3,(H,22,25). The molecule has 10 heteroatoms. The molecule has 2 aromatic rings. The Labute approximate surface area is 174 Å². The second-order valence-corrected chi connectivity index (χ2v) is 10.1. The second-order valence-electron chi connectivity index (χ2n) is 7.33. The largest absolute Gasteiger partial charge is 0.349 e. The van der Waals surface area contributed by atoms with E-state index in [1.807, 2.05) is 13.8 Å². The number of hydrogen-bond donors (Lipinski definition) is 1. The fourth-order valence-electron chi connectivity index (χ4n) is 3.28. The van der Waals surface area contributed by atoms with Gasteiger partial charge in [-0.3, -0.25) is 4.79 Å². The van der Waals surface area contributed by atoms with Gasteiger partial charge in [-0.15, -0.1) is 0 Å². The molecule has 1 N–H and O–H groups in total. The van der Waals surface area contributed by atoms with Gasteiger partial charge in [0.2, 0.25) is 0 Å². The number of aromatic nitrogens is 2. The van der Waals surface area contributed by atoms with E-state index in [-0.39, 0.29) is 33.8 Å². The van der Waals surface area contributed by atoms with Gasteiger partial charge in [0.05, 0.1) is 16.9 Å². The molecule has 3 rings (SSSR count). The van der Waals surface area contributed by atoms with Crippen molar-refractivity contribution >= 4 is 39.1 Å². The average Bonchev–Trinajstić information content (AvgIpc) is 2.99. The van der Waals surface area contributed by atoms with Crippen molar-refractivity contribution < 1.29 is 13.2 Å². The quantitative estimate of drug-likeness (QED) is 0.741. The SMILES string of the molecule is CC(C)C(NC(=O)c1ccc(Cl)cc1Cl)C1CN(S(=O)(=O)c2cn(C)cn2)C1. The number of carbonyl (C=O) groups is 1. The third kappa shape index (κ3) is 4.20. The molecule has 7 nitrogen and oxygen atoms in total. The van der Waals surface area contributed by atoms with Crippen LogP contribution in [-0.2, 0) is 17.1 Å². The van der Waals surface area contributed by atoms with Gasteiger partial charge in [-0.25, -0.2) is 13.4 Å². The van der Waals surface area contributed by atoms with Crippen LogP contribution in [0.2, 0.25) is 10.0 Å².